The largest absolute Gasteiger partial charge is 0.491 e. The summed E-state index contributed by atoms with van der Waals surface area (Å²) in [6.07, 6.45) is 0.807. The van der Waals surface area contributed by atoms with E-state index in [4.69, 9.17) is 9.47 Å². The Hall–Kier alpha value is 1.40. The van der Waals surface area contributed by atoms with Gasteiger partial charge in [0.05, 0.1) is 23.1 Å². The number of hydrogen-bond acceptors (Lipinski definition) is 2. The molecule has 2 aromatic rings. The minimum Gasteiger partial charge on any atom is -0.491 e. The lowest BCUT2D eigenvalue weighted by Gasteiger charge is -2.15. The van der Waals surface area contributed by atoms with E-state index in [1.165, 1.54) is 11.1 Å². The molecule has 2 aromatic carbocycles. The molecule has 0 aliphatic carbocycles. The van der Waals surface area contributed by atoms with Crippen molar-refractivity contribution < 1.29 is 9.47 Å². The monoisotopic (exact) mass is 830 g/mol. The van der Waals surface area contributed by atoms with E-state index in [0.29, 0.717) is 13.2 Å². The highest BCUT2D eigenvalue weighted by atomic mass is 79.9. The molecule has 2 nitrogen and oxygen atoms in total. The molecule has 0 heterocycles. The quantitative estimate of drug-likeness (QED) is 0.224. The molecule has 0 radical (unpaired) electrons. The van der Waals surface area contributed by atoms with Gasteiger partial charge in [-0.3, -0.25) is 0 Å². The van der Waals surface area contributed by atoms with Gasteiger partial charge in [-0.2, -0.15) is 0 Å². The van der Waals surface area contributed by atoms with E-state index in [9.17, 15) is 0 Å². The van der Waals surface area contributed by atoms with Crippen molar-refractivity contribution in [3.63, 3.8) is 0 Å². The summed E-state index contributed by atoms with van der Waals surface area (Å²) in [4.78, 5) is 0.544. The van der Waals surface area contributed by atoms with Crippen LogP contribution >= 0.6 is 112 Å². The molecule has 2 rings (SSSR count). The highest BCUT2D eigenvalue weighted by molar-refractivity contribution is 9.12. The Kier molecular flexibility index (Phi) is 12.0. The summed E-state index contributed by atoms with van der Waals surface area (Å²) in [5, 5.41) is 1.68. The van der Waals surface area contributed by atoms with Gasteiger partial charge in [0.1, 0.15) is 24.7 Å². The zero-order chi connectivity index (χ0) is 20.7. The molecule has 0 N–H and O–H groups in total. The first-order valence-corrected chi connectivity index (χ1v) is 14.7. The van der Waals surface area contributed by atoms with E-state index < -0.39 is 0 Å². The molecule has 0 amide bonds. The molecule has 0 aromatic heterocycles. The molecule has 0 spiro atoms. The average molecular weight is 837 g/mol. The summed E-state index contributed by atoms with van der Waals surface area (Å²) in [5.74, 6) is 1.66. The molecule has 2 atom stereocenters. The first-order chi connectivity index (χ1) is 13.3. The van der Waals surface area contributed by atoms with Crippen LogP contribution in [-0.2, 0) is 6.42 Å². The number of rotatable bonds is 10. The molecule has 28 heavy (non-hydrogen) atoms. The summed E-state index contributed by atoms with van der Waals surface area (Å²) >= 11 is 24.9. The standard InChI is InChI=1S/C19H17Br7O2/c20-7-13(22)9-27-18-2-1-11(4-15(18)24)3-12-5-16(25)19(17(26)6-12)28-10-14(23)8-21/h1-2,4-6,13-14H,3,7-10H2. The molecule has 0 saturated heterocycles. The highest BCUT2D eigenvalue weighted by Crippen LogP contribution is 2.36. The second-order valence-corrected chi connectivity index (χ2v) is 12.4. The van der Waals surface area contributed by atoms with Crippen LogP contribution in [0.25, 0.3) is 0 Å². The van der Waals surface area contributed by atoms with E-state index in [1.807, 2.05) is 6.07 Å². The van der Waals surface area contributed by atoms with E-state index >= 15 is 0 Å². The van der Waals surface area contributed by atoms with Gasteiger partial charge >= 0.3 is 0 Å². The Labute approximate surface area is 224 Å². The molecule has 9 heteroatoms. The lowest BCUT2D eigenvalue weighted by atomic mass is 10.0. The second-order valence-electron chi connectivity index (χ2n) is 5.96. The lowest BCUT2D eigenvalue weighted by molar-refractivity contribution is 0.321. The third kappa shape index (κ3) is 8.15. The van der Waals surface area contributed by atoms with Crippen molar-refractivity contribution in [2.75, 3.05) is 23.9 Å². The zero-order valence-electron chi connectivity index (χ0n) is 14.5. The molecule has 0 aliphatic heterocycles. The third-order valence-electron chi connectivity index (χ3n) is 3.63. The molecule has 2 unspecified atom stereocenters. The number of hydrogen-bond donors (Lipinski definition) is 0. The Morgan fingerprint density at radius 2 is 1.25 bits per heavy atom. The van der Waals surface area contributed by atoms with E-state index in [0.717, 1.165) is 42.0 Å². The highest BCUT2D eigenvalue weighted by Gasteiger charge is 2.13. The van der Waals surface area contributed by atoms with Crippen LogP contribution in [0.5, 0.6) is 11.5 Å². The van der Waals surface area contributed by atoms with Crippen LogP contribution in [0.15, 0.2) is 43.7 Å². The fraction of sp³-hybridized carbons (Fsp3) is 0.368. The minimum absolute atomic E-state index is 0.262. The maximum atomic E-state index is 5.91. The first-order valence-electron chi connectivity index (χ1n) is 8.26. The Balaban J connectivity index is 2.07. The smallest absolute Gasteiger partial charge is 0.147 e. The van der Waals surface area contributed by atoms with Gasteiger partial charge in [0.25, 0.3) is 0 Å². The van der Waals surface area contributed by atoms with Crippen LogP contribution < -0.4 is 9.47 Å². The van der Waals surface area contributed by atoms with Crippen molar-refractivity contribution in [2.24, 2.45) is 0 Å². The molecule has 0 aliphatic rings. The van der Waals surface area contributed by atoms with Gasteiger partial charge in [-0.05, 0) is 89.6 Å². The molecular weight excluding hydrogens is 820 g/mol. The van der Waals surface area contributed by atoms with Crippen LogP contribution in [0.2, 0.25) is 0 Å². The van der Waals surface area contributed by atoms with E-state index in [-0.39, 0.29) is 9.65 Å². The van der Waals surface area contributed by atoms with Crippen LogP contribution in [0.3, 0.4) is 0 Å². The van der Waals surface area contributed by atoms with Crippen molar-refractivity contribution in [1.29, 1.82) is 0 Å². The van der Waals surface area contributed by atoms with Crippen LogP contribution in [-0.4, -0.2) is 33.5 Å². The fourth-order valence-corrected chi connectivity index (χ4v) is 4.99. The number of ether oxygens (including phenoxy) is 2. The second kappa shape index (κ2) is 13.1. The van der Waals surface area contributed by atoms with Gasteiger partial charge in [0, 0.05) is 10.7 Å². The van der Waals surface area contributed by atoms with Crippen molar-refractivity contribution >= 4 is 112 Å². The Bertz CT molecular complexity index is 762. The number of alkyl halides is 4. The number of halogens is 7. The number of benzene rings is 2. The summed E-state index contributed by atoms with van der Waals surface area (Å²) < 4.78 is 14.6. The van der Waals surface area contributed by atoms with Crippen molar-refractivity contribution in [3.05, 3.63) is 54.9 Å². The molecule has 0 fully saturated rings. The van der Waals surface area contributed by atoms with Gasteiger partial charge in [-0.25, -0.2) is 0 Å². The molecular formula is C19H17Br7O2. The Morgan fingerprint density at radius 1 is 0.714 bits per heavy atom. The van der Waals surface area contributed by atoms with Gasteiger partial charge in [0.2, 0.25) is 0 Å². The maximum Gasteiger partial charge on any atom is 0.147 e. The predicted octanol–water partition coefficient (Wildman–Crippen LogP) is 8.64. The van der Waals surface area contributed by atoms with Crippen LogP contribution in [0.1, 0.15) is 11.1 Å². The molecule has 0 saturated carbocycles. The predicted molar refractivity (Wildman–Crippen MR) is 143 cm³/mol. The minimum atomic E-state index is 0.262. The molecule has 154 valence electrons. The van der Waals surface area contributed by atoms with Gasteiger partial charge in [-0.1, -0.05) is 69.8 Å². The normalized spacial score (nSPS) is 13.2. The summed E-state index contributed by atoms with van der Waals surface area (Å²) in [7, 11) is 0. The van der Waals surface area contributed by atoms with Crippen molar-refractivity contribution in [1.82, 2.24) is 0 Å². The summed E-state index contributed by atoms with van der Waals surface area (Å²) in [5.41, 5.74) is 2.38. The topological polar surface area (TPSA) is 18.5 Å². The SMILES string of the molecule is BrCC(Br)COc1ccc(Cc2cc(Br)c(OCC(Br)CBr)c(Br)c2)cc1Br. The van der Waals surface area contributed by atoms with E-state index in [1.54, 1.807) is 0 Å². The first kappa shape index (κ1) is 25.7. The summed E-state index contributed by atoms with van der Waals surface area (Å²) in [6.45, 7) is 1.19. The third-order valence-corrected chi connectivity index (χ3v) is 9.90. The average Bonchev–Trinajstić information content (AvgIpc) is 2.66. The Morgan fingerprint density at radius 3 is 1.79 bits per heavy atom. The lowest BCUT2D eigenvalue weighted by Crippen LogP contribution is -2.12. The zero-order valence-corrected chi connectivity index (χ0v) is 25.6. The van der Waals surface area contributed by atoms with Crippen LogP contribution in [0.4, 0.5) is 0 Å². The van der Waals surface area contributed by atoms with Gasteiger partial charge in [0.15, 0.2) is 0 Å². The molecule has 0 bridgehead atoms. The van der Waals surface area contributed by atoms with Crippen molar-refractivity contribution in [2.45, 2.75) is 16.1 Å². The van der Waals surface area contributed by atoms with Gasteiger partial charge in [-0.15, -0.1) is 0 Å². The van der Waals surface area contributed by atoms with Crippen LogP contribution in [0, 0.1) is 0 Å². The summed E-state index contributed by atoms with van der Waals surface area (Å²) in [6, 6.07) is 10.4. The fourth-order valence-electron chi connectivity index (χ4n) is 2.30. The van der Waals surface area contributed by atoms with Gasteiger partial charge < -0.3 is 9.47 Å². The maximum absolute atomic E-state index is 5.91. The van der Waals surface area contributed by atoms with E-state index in [2.05, 4.69) is 136 Å². The van der Waals surface area contributed by atoms with Crippen molar-refractivity contribution in [3.8, 4) is 11.5 Å².